The van der Waals surface area contributed by atoms with Crippen molar-refractivity contribution < 1.29 is 19.4 Å². The lowest BCUT2D eigenvalue weighted by molar-refractivity contribution is -0.145. The van der Waals surface area contributed by atoms with Crippen molar-refractivity contribution >= 4 is 23.5 Å². The maximum atomic E-state index is 12.3. The fraction of sp³-hybridized carbons (Fsp3) is 0.467. The zero-order valence-corrected chi connectivity index (χ0v) is 12.6. The maximum Gasteiger partial charge on any atom is 0.308 e. The number of ether oxygens (including phenoxy) is 1. The molecule has 1 aromatic rings. The fourth-order valence-corrected chi connectivity index (χ4v) is 2.76. The number of amides is 1. The van der Waals surface area contributed by atoms with E-state index in [0.29, 0.717) is 29.3 Å². The topological polar surface area (TPSA) is 66.8 Å². The highest BCUT2D eigenvalue weighted by atomic mass is 35.5. The summed E-state index contributed by atoms with van der Waals surface area (Å²) in [7, 11) is 1.54. The highest BCUT2D eigenvalue weighted by Gasteiger charge is 2.28. The van der Waals surface area contributed by atoms with Gasteiger partial charge in [-0.15, -0.1) is 0 Å². The molecule has 1 fully saturated rings. The van der Waals surface area contributed by atoms with Gasteiger partial charge in [-0.2, -0.15) is 0 Å². The summed E-state index contributed by atoms with van der Waals surface area (Å²) < 4.78 is 5.22. The molecule has 114 valence electrons. The van der Waals surface area contributed by atoms with E-state index in [1.54, 1.807) is 30.2 Å². The van der Waals surface area contributed by atoms with Gasteiger partial charge in [-0.1, -0.05) is 11.6 Å². The number of aliphatic carboxylic acids is 1. The van der Waals surface area contributed by atoms with Crippen LogP contribution in [-0.2, 0) is 16.0 Å². The molecule has 1 atom stereocenters. The van der Waals surface area contributed by atoms with Gasteiger partial charge in [0.1, 0.15) is 5.75 Å². The number of halogens is 1. The van der Waals surface area contributed by atoms with Gasteiger partial charge in [0.25, 0.3) is 0 Å². The van der Waals surface area contributed by atoms with Crippen molar-refractivity contribution in [2.75, 3.05) is 20.2 Å². The lowest BCUT2D eigenvalue weighted by atomic mass is 9.97. The minimum atomic E-state index is -0.840. The second-order valence-electron chi connectivity index (χ2n) is 5.15. The number of likely N-dealkylation sites (tertiary alicyclic amines) is 1. The predicted octanol–water partition coefficient (Wildman–Crippen LogP) is 2.21. The molecule has 0 bridgehead atoms. The van der Waals surface area contributed by atoms with Crippen LogP contribution >= 0.6 is 11.6 Å². The van der Waals surface area contributed by atoms with Crippen molar-refractivity contribution in [3.8, 4) is 5.75 Å². The number of hydrogen-bond acceptors (Lipinski definition) is 3. The first-order valence-corrected chi connectivity index (χ1v) is 7.22. The summed E-state index contributed by atoms with van der Waals surface area (Å²) in [6.07, 6.45) is 1.51. The van der Waals surface area contributed by atoms with Crippen LogP contribution in [0, 0.1) is 5.92 Å². The van der Waals surface area contributed by atoms with Gasteiger partial charge in [-0.25, -0.2) is 0 Å². The number of carboxylic acids is 1. The summed E-state index contributed by atoms with van der Waals surface area (Å²) in [6, 6.07) is 5.13. The summed E-state index contributed by atoms with van der Waals surface area (Å²) in [6.45, 7) is 0.878. The van der Waals surface area contributed by atoms with Gasteiger partial charge in [0.2, 0.25) is 5.91 Å². The number of carbonyl (C=O) groups is 2. The third-order valence-corrected chi connectivity index (χ3v) is 3.94. The first-order chi connectivity index (χ1) is 10.0. The molecule has 1 heterocycles. The summed E-state index contributed by atoms with van der Waals surface area (Å²) in [5.74, 6) is -0.794. The van der Waals surface area contributed by atoms with E-state index in [4.69, 9.17) is 21.4 Å². The Morgan fingerprint density at radius 2 is 2.24 bits per heavy atom. The van der Waals surface area contributed by atoms with E-state index in [9.17, 15) is 9.59 Å². The number of piperidine rings is 1. The van der Waals surface area contributed by atoms with Crippen LogP contribution in [0.3, 0.4) is 0 Å². The van der Waals surface area contributed by atoms with Crippen LogP contribution in [0.4, 0.5) is 0 Å². The third-order valence-electron chi connectivity index (χ3n) is 3.71. The predicted molar refractivity (Wildman–Crippen MR) is 78.6 cm³/mol. The first-order valence-electron chi connectivity index (χ1n) is 6.84. The molecule has 2 rings (SSSR count). The second-order valence-corrected chi connectivity index (χ2v) is 5.59. The number of hydrogen-bond donors (Lipinski definition) is 1. The Bertz CT molecular complexity index is 546. The SMILES string of the molecule is COc1ccc(Cl)cc1CC(=O)N1CCCC(C(=O)O)C1. The van der Waals surface area contributed by atoms with Crippen LogP contribution in [-0.4, -0.2) is 42.1 Å². The zero-order valence-electron chi connectivity index (χ0n) is 11.8. The van der Waals surface area contributed by atoms with Gasteiger partial charge >= 0.3 is 5.97 Å². The maximum absolute atomic E-state index is 12.3. The van der Waals surface area contributed by atoms with Crippen molar-refractivity contribution in [2.45, 2.75) is 19.3 Å². The lowest BCUT2D eigenvalue weighted by Gasteiger charge is -2.31. The van der Waals surface area contributed by atoms with Gasteiger partial charge in [0.05, 0.1) is 19.4 Å². The van der Waals surface area contributed by atoms with E-state index >= 15 is 0 Å². The van der Waals surface area contributed by atoms with Crippen molar-refractivity contribution in [3.05, 3.63) is 28.8 Å². The van der Waals surface area contributed by atoms with E-state index in [1.165, 1.54) is 0 Å². The normalized spacial score (nSPS) is 18.4. The van der Waals surface area contributed by atoms with Crippen molar-refractivity contribution in [2.24, 2.45) is 5.92 Å². The van der Waals surface area contributed by atoms with Crippen molar-refractivity contribution in [3.63, 3.8) is 0 Å². The smallest absolute Gasteiger partial charge is 0.308 e. The Hall–Kier alpha value is -1.75. The molecule has 1 aliphatic heterocycles. The highest BCUT2D eigenvalue weighted by molar-refractivity contribution is 6.30. The second kappa shape index (κ2) is 6.80. The molecule has 21 heavy (non-hydrogen) atoms. The monoisotopic (exact) mass is 311 g/mol. The van der Waals surface area contributed by atoms with Crippen LogP contribution in [0.15, 0.2) is 18.2 Å². The summed E-state index contributed by atoms with van der Waals surface area (Å²) in [5.41, 5.74) is 0.715. The molecule has 0 spiro atoms. The summed E-state index contributed by atoms with van der Waals surface area (Å²) >= 11 is 5.95. The molecule has 6 heteroatoms. The molecular formula is C15H18ClNO4. The average molecular weight is 312 g/mol. The van der Waals surface area contributed by atoms with Crippen LogP contribution in [0.1, 0.15) is 18.4 Å². The van der Waals surface area contributed by atoms with E-state index in [1.807, 2.05) is 0 Å². The molecule has 0 radical (unpaired) electrons. The van der Waals surface area contributed by atoms with E-state index in [-0.39, 0.29) is 18.9 Å². The number of carboxylic acid groups (broad SMARTS) is 1. The van der Waals surface area contributed by atoms with Crippen LogP contribution < -0.4 is 4.74 Å². The largest absolute Gasteiger partial charge is 0.496 e. The Kier molecular flexibility index (Phi) is 5.07. The van der Waals surface area contributed by atoms with Gasteiger partial charge in [-0.05, 0) is 31.0 Å². The van der Waals surface area contributed by atoms with E-state index in [2.05, 4.69) is 0 Å². The molecule has 1 amide bonds. The molecular weight excluding hydrogens is 294 g/mol. The zero-order chi connectivity index (χ0) is 15.4. The van der Waals surface area contributed by atoms with Gasteiger partial charge in [0.15, 0.2) is 0 Å². The Morgan fingerprint density at radius 3 is 2.90 bits per heavy atom. The fourth-order valence-electron chi connectivity index (χ4n) is 2.57. The van der Waals surface area contributed by atoms with Crippen LogP contribution in [0.25, 0.3) is 0 Å². The van der Waals surface area contributed by atoms with Gasteiger partial charge in [-0.3, -0.25) is 9.59 Å². The molecule has 1 saturated heterocycles. The van der Waals surface area contributed by atoms with E-state index in [0.717, 1.165) is 6.42 Å². The average Bonchev–Trinajstić information content (AvgIpc) is 2.47. The number of methoxy groups -OCH3 is 1. The molecule has 5 nitrogen and oxygen atoms in total. The molecule has 1 aliphatic rings. The number of carbonyl (C=O) groups excluding carboxylic acids is 1. The molecule has 1 N–H and O–H groups in total. The third kappa shape index (κ3) is 3.88. The highest BCUT2D eigenvalue weighted by Crippen LogP contribution is 2.24. The summed E-state index contributed by atoms with van der Waals surface area (Å²) in [5, 5.41) is 9.61. The molecule has 0 saturated carbocycles. The minimum Gasteiger partial charge on any atom is -0.496 e. The lowest BCUT2D eigenvalue weighted by Crippen LogP contribution is -2.43. The minimum absolute atomic E-state index is 0.0958. The number of rotatable bonds is 4. The molecule has 0 aromatic heterocycles. The number of benzene rings is 1. The molecule has 0 aliphatic carbocycles. The quantitative estimate of drug-likeness (QED) is 0.926. The van der Waals surface area contributed by atoms with E-state index < -0.39 is 11.9 Å². The first kappa shape index (κ1) is 15.6. The van der Waals surface area contributed by atoms with Crippen LogP contribution in [0.5, 0.6) is 5.75 Å². The molecule has 1 aromatic carbocycles. The standard InChI is InChI=1S/C15H18ClNO4/c1-21-13-5-4-12(16)7-11(13)8-14(18)17-6-2-3-10(9-17)15(19)20/h4-5,7,10H,2-3,6,8-9H2,1H3,(H,19,20). The van der Waals surface area contributed by atoms with Gasteiger partial charge in [0, 0.05) is 23.7 Å². The Balaban J connectivity index is 2.07. The molecule has 1 unspecified atom stereocenters. The Labute approximate surface area is 128 Å². The van der Waals surface area contributed by atoms with Crippen LogP contribution in [0.2, 0.25) is 5.02 Å². The summed E-state index contributed by atoms with van der Waals surface area (Å²) in [4.78, 5) is 25.0. The van der Waals surface area contributed by atoms with Crippen molar-refractivity contribution in [1.29, 1.82) is 0 Å². The Morgan fingerprint density at radius 1 is 1.48 bits per heavy atom. The number of nitrogens with zero attached hydrogens (tertiary/aromatic N) is 1. The van der Waals surface area contributed by atoms with Gasteiger partial charge < -0.3 is 14.7 Å². The van der Waals surface area contributed by atoms with Crippen molar-refractivity contribution in [1.82, 2.24) is 4.90 Å².